The van der Waals surface area contributed by atoms with Crippen molar-refractivity contribution in [2.45, 2.75) is 11.4 Å². The summed E-state index contributed by atoms with van der Waals surface area (Å²) >= 11 is 0. The van der Waals surface area contributed by atoms with Crippen LogP contribution in [0.1, 0.15) is 16.1 Å². The van der Waals surface area contributed by atoms with Crippen molar-refractivity contribution >= 4 is 27.6 Å². The zero-order valence-corrected chi connectivity index (χ0v) is 17.3. The summed E-state index contributed by atoms with van der Waals surface area (Å²) in [5.74, 6) is -0.311. The molecule has 10 heteroatoms. The van der Waals surface area contributed by atoms with Gasteiger partial charge in [0.15, 0.2) is 6.61 Å². The van der Waals surface area contributed by atoms with Gasteiger partial charge in [0, 0.05) is 0 Å². The van der Waals surface area contributed by atoms with Gasteiger partial charge in [0.1, 0.15) is 11.5 Å². The highest BCUT2D eigenvalue weighted by atomic mass is 32.2. The van der Waals surface area contributed by atoms with Gasteiger partial charge in [-0.1, -0.05) is 12.1 Å². The topological polar surface area (TPSA) is 124 Å². The number of carbonyl (C=O) groups is 2. The normalized spacial score (nSPS) is 10.9. The van der Waals surface area contributed by atoms with E-state index in [1.807, 2.05) is 0 Å². The maximum atomic E-state index is 12.6. The summed E-state index contributed by atoms with van der Waals surface area (Å²) in [4.78, 5) is 23.8. The van der Waals surface area contributed by atoms with E-state index in [2.05, 4.69) is 10.0 Å². The molecule has 0 fully saturated rings. The largest absolute Gasteiger partial charge is 0.495 e. The van der Waals surface area contributed by atoms with Gasteiger partial charge in [0.25, 0.3) is 15.9 Å². The van der Waals surface area contributed by atoms with Gasteiger partial charge in [-0.3, -0.25) is 9.52 Å². The van der Waals surface area contributed by atoms with E-state index >= 15 is 0 Å². The van der Waals surface area contributed by atoms with Crippen molar-refractivity contribution in [1.82, 2.24) is 5.32 Å². The lowest BCUT2D eigenvalue weighted by Gasteiger charge is -2.12. The summed E-state index contributed by atoms with van der Waals surface area (Å²) in [7, 11) is -2.46. The van der Waals surface area contributed by atoms with Gasteiger partial charge < -0.3 is 19.2 Å². The monoisotopic (exact) mass is 444 g/mol. The Balaban J connectivity index is 1.57. The number of hydrogen-bond donors (Lipinski definition) is 2. The zero-order chi connectivity index (χ0) is 22.3. The van der Waals surface area contributed by atoms with Gasteiger partial charge in [0.2, 0.25) is 0 Å². The van der Waals surface area contributed by atoms with E-state index in [1.54, 1.807) is 36.4 Å². The number of ether oxygens (including phenoxy) is 2. The van der Waals surface area contributed by atoms with E-state index in [0.717, 1.165) is 0 Å². The Morgan fingerprint density at radius 3 is 2.42 bits per heavy atom. The molecular formula is C21H20N2O7S. The fourth-order valence-electron chi connectivity index (χ4n) is 2.57. The molecule has 3 rings (SSSR count). The number of anilines is 1. The fourth-order valence-corrected chi connectivity index (χ4v) is 3.64. The van der Waals surface area contributed by atoms with Crippen LogP contribution in [0.4, 0.5) is 5.69 Å². The van der Waals surface area contributed by atoms with Crippen LogP contribution in [0, 0.1) is 0 Å². The van der Waals surface area contributed by atoms with Crippen molar-refractivity contribution in [1.29, 1.82) is 0 Å². The predicted octanol–water partition coefficient (Wildman–Crippen LogP) is 2.56. The Labute approximate surface area is 179 Å². The molecule has 2 N–H and O–H groups in total. The minimum absolute atomic E-state index is 0.0499. The first-order valence-electron chi connectivity index (χ1n) is 9.11. The summed E-state index contributed by atoms with van der Waals surface area (Å²) in [6.45, 7) is -0.301. The van der Waals surface area contributed by atoms with Gasteiger partial charge >= 0.3 is 5.97 Å². The summed E-state index contributed by atoms with van der Waals surface area (Å²) < 4.78 is 42.8. The molecule has 0 atom stereocenters. The maximum absolute atomic E-state index is 12.6. The van der Waals surface area contributed by atoms with Gasteiger partial charge in [-0.25, -0.2) is 13.2 Å². The maximum Gasteiger partial charge on any atom is 0.338 e. The zero-order valence-electron chi connectivity index (χ0n) is 16.5. The number of carbonyl (C=O) groups excluding carboxylic acids is 2. The molecule has 0 bridgehead atoms. The number of para-hydroxylation sites is 2. The molecule has 2 aromatic carbocycles. The first-order valence-corrected chi connectivity index (χ1v) is 10.6. The Bertz CT molecular complexity index is 1140. The SMILES string of the molecule is COc1ccccc1NS(=O)(=O)c1ccc(C(=O)OCC(=O)NCc2ccco2)cc1. The quantitative estimate of drug-likeness (QED) is 0.486. The van der Waals surface area contributed by atoms with E-state index in [9.17, 15) is 18.0 Å². The number of furan rings is 1. The van der Waals surface area contributed by atoms with Crippen molar-refractivity contribution in [3.05, 3.63) is 78.3 Å². The molecule has 0 spiro atoms. The highest BCUT2D eigenvalue weighted by molar-refractivity contribution is 7.92. The smallest absolute Gasteiger partial charge is 0.338 e. The van der Waals surface area contributed by atoms with Crippen molar-refractivity contribution in [3.8, 4) is 5.75 Å². The molecule has 1 aromatic heterocycles. The molecule has 0 unspecified atom stereocenters. The number of amides is 1. The minimum atomic E-state index is -3.90. The van der Waals surface area contributed by atoms with Crippen molar-refractivity contribution in [2.24, 2.45) is 0 Å². The molecule has 3 aromatic rings. The third-order valence-corrected chi connectivity index (χ3v) is 5.51. The second-order valence-corrected chi connectivity index (χ2v) is 7.94. The van der Waals surface area contributed by atoms with Crippen LogP contribution in [0.3, 0.4) is 0 Å². The lowest BCUT2D eigenvalue weighted by atomic mass is 10.2. The molecule has 1 heterocycles. The van der Waals surface area contributed by atoms with Gasteiger partial charge in [-0.15, -0.1) is 0 Å². The number of hydrogen-bond acceptors (Lipinski definition) is 7. The molecule has 0 saturated carbocycles. The molecule has 0 aliphatic rings. The second-order valence-electron chi connectivity index (χ2n) is 6.26. The second kappa shape index (κ2) is 9.81. The number of methoxy groups -OCH3 is 1. The standard InChI is InChI=1S/C21H20N2O7S/c1-28-19-7-3-2-6-18(19)23-31(26,27)17-10-8-15(9-11-17)21(25)30-14-20(24)22-13-16-5-4-12-29-16/h2-12,23H,13-14H2,1H3,(H,22,24). The molecule has 31 heavy (non-hydrogen) atoms. The molecule has 162 valence electrons. The highest BCUT2D eigenvalue weighted by Crippen LogP contribution is 2.26. The van der Waals surface area contributed by atoms with Crippen LogP contribution in [-0.2, 0) is 26.1 Å². The van der Waals surface area contributed by atoms with Crippen molar-refractivity contribution in [3.63, 3.8) is 0 Å². The Morgan fingerprint density at radius 1 is 1.00 bits per heavy atom. The van der Waals surface area contributed by atoms with E-state index in [1.165, 1.54) is 37.6 Å². The minimum Gasteiger partial charge on any atom is -0.495 e. The third kappa shape index (κ3) is 5.86. The molecule has 1 amide bonds. The number of sulfonamides is 1. The van der Waals surface area contributed by atoms with Crippen LogP contribution in [0.5, 0.6) is 5.75 Å². The van der Waals surface area contributed by atoms with E-state index < -0.39 is 28.5 Å². The molecule has 0 aliphatic heterocycles. The summed E-state index contributed by atoms with van der Waals surface area (Å²) in [5.41, 5.74) is 0.393. The summed E-state index contributed by atoms with van der Waals surface area (Å²) in [5, 5.41) is 2.55. The van der Waals surface area contributed by atoms with Crippen LogP contribution in [0.25, 0.3) is 0 Å². The van der Waals surface area contributed by atoms with Crippen LogP contribution in [0.15, 0.2) is 76.2 Å². The number of nitrogens with one attached hydrogen (secondary N) is 2. The fraction of sp³-hybridized carbons (Fsp3) is 0.143. The highest BCUT2D eigenvalue weighted by Gasteiger charge is 2.18. The van der Waals surface area contributed by atoms with Gasteiger partial charge in [-0.05, 0) is 48.5 Å². The van der Waals surface area contributed by atoms with Crippen molar-refractivity contribution in [2.75, 3.05) is 18.4 Å². The summed E-state index contributed by atoms with van der Waals surface area (Å²) in [6, 6.07) is 15.1. The van der Waals surface area contributed by atoms with Crippen LogP contribution < -0.4 is 14.8 Å². The van der Waals surface area contributed by atoms with E-state index in [0.29, 0.717) is 11.5 Å². The summed E-state index contributed by atoms with van der Waals surface area (Å²) in [6.07, 6.45) is 1.48. The first kappa shape index (κ1) is 21.9. The lowest BCUT2D eigenvalue weighted by molar-refractivity contribution is -0.124. The van der Waals surface area contributed by atoms with E-state index in [-0.39, 0.29) is 22.7 Å². The Hall–Kier alpha value is -3.79. The average molecular weight is 444 g/mol. The van der Waals surface area contributed by atoms with Crippen LogP contribution >= 0.6 is 0 Å². The average Bonchev–Trinajstić information content (AvgIpc) is 3.30. The number of rotatable bonds is 9. The van der Waals surface area contributed by atoms with Gasteiger partial charge in [0.05, 0.1) is 36.1 Å². The molecule has 0 aliphatic carbocycles. The Morgan fingerprint density at radius 2 is 1.74 bits per heavy atom. The van der Waals surface area contributed by atoms with Crippen LogP contribution in [-0.4, -0.2) is 34.0 Å². The predicted molar refractivity (Wildman–Crippen MR) is 111 cm³/mol. The van der Waals surface area contributed by atoms with Crippen molar-refractivity contribution < 1.29 is 31.9 Å². The van der Waals surface area contributed by atoms with Crippen LogP contribution in [0.2, 0.25) is 0 Å². The third-order valence-electron chi connectivity index (χ3n) is 4.13. The molecule has 0 saturated heterocycles. The Kier molecular flexibility index (Phi) is 6.93. The van der Waals surface area contributed by atoms with Gasteiger partial charge in [-0.2, -0.15) is 0 Å². The number of esters is 1. The molecule has 9 nitrogen and oxygen atoms in total. The first-order chi connectivity index (χ1) is 14.9. The lowest BCUT2D eigenvalue weighted by Crippen LogP contribution is -2.28. The molecule has 0 radical (unpaired) electrons. The number of benzene rings is 2. The molecular weight excluding hydrogens is 424 g/mol. The van der Waals surface area contributed by atoms with E-state index in [4.69, 9.17) is 13.9 Å².